The Bertz CT molecular complexity index is 798. The summed E-state index contributed by atoms with van der Waals surface area (Å²) in [6.07, 6.45) is 2.50. The highest BCUT2D eigenvalue weighted by atomic mass is 32.1. The van der Waals surface area contributed by atoms with Gasteiger partial charge in [-0.25, -0.2) is 15.0 Å². The van der Waals surface area contributed by atoms with Gasteiger partial charge < -0.3 is 16.4 Å². The van der Waals surface area contributed by atoms with Crippen molar-refractivity contribution in [3.63, 3.8) is 0 Å². The largest absolute Gasteiger partial charge is 0.393 e. The van der Waals surface area contributed by atoms with Crippen LogP contribution in [0.2, 0.25) is 0 Å². The van der Waals surface area contributed by atoms with Gasteiger partial charge in [0.25, 0.3) is 0 Å². The number of nitrogen functional groups attached to an aromatic ring is 1. The maximum atomic E-state index is 6.12. The molecule has 22 heavy (non-hydrogen) atoms. The molecule has 1 aromatic carbocycles. The van der Waals surface area contributed by atoms with Crippen molar-refractivity contribution in [1.29, 1.82) is 0 Å². The van der Waals surface area contributed by atoms with Crippen LogP contribution in [0.25, 0.3) is 10.2 Å². The number of hydrogen-bond donors (Lipinski definition) is 3. The molecule has 3 rings (SSSR count). The molecule has 7 heteroatoms. The number of aryl methyl sites for hydroxylation is 1. The van der Waals surface area contributed by atoms with Crippen LogP contribution in [0.15, 0.2) is 24.5 Å². The number of aromatic nitrogens is 3. The predicted octanol–water partition coefficient (Wildman–Crippen LogP) is 3.54. The van der Waals surface area contributed by atoms with E-state index in [4.69, 9.17) is 5.73 Å². The third-order valence-corrected chi connectivity index (χ3v) is 4.21. The van der Waals surface area contributed by atoms with Gasteiger partial charge in [0.05, 0.1) is 10.2 Å². The fourth-order valence-electron chi connectivity index (χ4n) is 2.12. The molecule has 3 aromatic rings. The van der Waals surface area contributed by atoms with Gasteiger partial charge in [-0.3, -0.25) is 0 Å². The Morgan fingerprint density at radius 1 is 1.23 bits per heavy atom. The second kappa shape index (κ2) is 6.15. The number of nitrogens with zero attached hydrogens (tertiary/aromatic N) is 3. The van der Waals surface area contributed by atoms with E-state index >= 15 is 0 Å². The molecule has 2 aromatic heterocycles. The second-order valence-electron chi connectivity index (χ2n) is 4.98. The van der Waals surface area contributed by atoms with Gasteiger partial charge in [-0.2, -0.15) is 0 Å². The van der Waals surface area contributed by atoms with Crippen LogP contribution in [0.1, 0.15) is 18.9 Å². The minimum absolute atomic E-state index is 0.506. The van der Waals surface area contributed by atoms with Crippen molar-refractivity contribution in [3.05, 3.63) is 30.1 Å². The Kier molecular flexibility index (Phi) is 4.06. The number of benzene rings is 1. The van der Waals surface area contributed by atoms with Gasteiger partial charge in [-0.15, -0.1) is 0 Å². The van der Waals surface area contributed by atoms with Crippen molar-refractivity contribution < 1.29 is 0 Å². The van der Waals surface area contributed by atoms with E-state index < -0.39 is 0 Å². The summed E-state index contributed by atoms with van der Waals surface area (Å²) in [5.41, 5.74) is 8.79. The Labute approximate surface area is 132 Å². The smallest absolute Gasteiger partial charge is 0.189 e. The number of fused-ring (bicyclic) bond motifs is 1. The van der Waals surface area contributed by atoms with Gasteiger partial charge in [-0.05, 0) is 25.0 Å². The zero-order valence-corrected chi connectivity index (χ0v) is 13.4. The summed E-state index contributed by atoms with van der Waals surface area (Å²) in [7, 11) is 0. The highest BCUT2D eigenvalue weighted by molar-refractivity contribution is 7.22. The van der Waals surface area contributed by atoms with E-state index in [1.165, 1.54) is 6.33 Å². The summed E-state index contributed by atoms with van der Waals surface area (Å²) in [4.78, 5) is 13.0. The number of para-hydroxylation sites is 1. The van der Waals surface area contributed by atoms with E-state index in [2.05, 4.69) is 51.6 Å². The summed E-state index contributed by atoms with van der Waals surface area (Å²) in [5.74, 6) is 1.22. The standard InChI is InChI=1S/C15H18N6S/c1-3-7-17-13-11(16)14(19-8-18-13)21-15-20-12-9(2)5-4-6-10(12)22-15/h4-6,8H,3,7,16H2,1-2H3,(H2,17,18,19,20,21). The third-order valence-electron chi connectivity index (χ3n) is 3.27. The normalized spacial score (nSPS) is 10.8. The lowest BCUT2D eigenvalue weighted by molar-refractivity contribution is 0.966. The zero-order valence-electron chi connectivity index (χ0n) is 12.6. The molecule has 4 N–H and O–H groups in total. The van der Waals surface area contributed by atoms with Gasteiger partial charge in [0.2, 0.25) is 0 Å². The molecular weight excluding hydrogens is 296 g/mol. The van der Waals surface area contributed by atoms with Crippen LogP contribution in [0.5, 0.6) is 0 Å². The molecule has 6 nitrogen and oxygen atoms in total. The van der Waals surface area contributed by atoms with E-state index in [-0.39, 0.29) is 0 Å². The number of hydrogen-bond acceptors (Lipinski definition) is 7. The van der Waals surface area contributed by atoms with Crippen molar-refractivity contribution in [2.75, 3.05) is 22.9 Å². The molecule has 0 spiro atoms. The van der Waals surface area contributed by atoms with Crippen LogP contribution in [-0.2, 0) is 0 Å². The minimum Gasteiger partial charge on any atom is -0.393 e. The van der Waals surface area contributed by atoms with E-state index in [1.54, 1.807) is 11.3 Å². The van der Waals surface area contributed by atoms with Gasteiger partial charge in [0, 0.05) is 6.54 Å². The van der Waals surface area contributed by atoms with Crippen LogP contribution in [0.4, 0.5) is 22.5 Å². The molecule has 0 bridgehead atoms. The summed E-state index contributed by atoms with van der Waals surface area (Å²) >= 11 is 1.58. The molecule has 0 atom stereocenters. The first-order valence-electron chi connectivity index (χ1n) is 7.16. The highest BCUT2D eigenvalue weighted by Crippen LogP contribution is 2.32. The van der Waals surface area contributed by atoms with Crippen molar-refractivity contribution in [2.45, 2.75) is 20.3 Å². The third kappa shape index (κ3) is 2.80. The maximum Gasteiger partial charge on any atom is 0.189 e. The van der Waals surface area contributed by atoms with Crippen LogP contribution >= 0.6 is 11.3 Å². The fraction of sp³-hybridized carbons (Fsp3) is 0.267. The molecule has 0 amide bonds. The van der Waals surface area contributed by atoms with Gasteiger partial charge in [0.1, 0.15) is 12.0 Å². The average molecular weight is 314 g/mol. The van der Waals surface area contributed by atoms with Crippen LogP contribution < -0.4 is 16.4 Å². The molecule has 2 heterocycles. The maximum absolute atomic E-state index is 6.12. The Hall–Kier alpha value is -2.41. The van der Waals surface area contributed by atoms with Crippen LogP contribution in [0, 0.1) is 6.92 Å². The lowest BCUT2D eigenvalue weighted by Gasteiger charge is -2.10. The molecule has 0 saturated heterocycles. The minimum atomic E-state index is 0.506. The zero-order chi connectivity index (χ0) is 15.5. The quantitative estimate of drug-likeness (QED) is 0.667. The number of nitrogens with two attached hydrogens (primary N) is 1. The second-order valence-corrected chi connectivity index (χ2v) is 6.01. The van der Waals surface area contributed by atoms with E-state index in [9.17, 15) is 0 Å². The molecule has 0 saturated carbocycles. The number of rotatable bonds is 5. The molecule has 0 radical (unpaired) electrons. The Morgan fingerprint density at radius 3 is 2.82 bits per heavy atom. The lowest BCUT2D eigenvalue weighted by atomic mass is 10.2. The number of nitrogens with one attached hydrogen (secondary N) is 2. The molecule has 0 aliphatic heterocycles. The summed E-state index contributed by atoms with van der Waals surface area (Å²) in [5, 5.41) is 7.16. The summed E-state index contributed by atoms with van der Waals surface area (Å²) < 4.78 is 1.14. The molecular formula is C15H18N6S. The van der Waals surface area contributed by atoms with Crippen molar-refractivity contribution in [3.8, 4) is 0 Å². The lowest BCUT2D eigenvalue weighted by Crippen LogP contribution is -2.08. The predicted molar refractivity (Wildman–Crippen MR) is 92.9 cm³/mol. The monoisotopic (exact) mass is 314 g/mol. The van der Waals surface area contributed by atoms with Gasteiger partial charge in [-0.1, -0.05) is 30.4 Å². The molecule has 0 aliphatic rings. The first-order valence-corrected chi connectivity index (χ1v) is 7.98. The van der Waals surface area contributed by atoms with E-state index in [0.29, 0.717) is 17.3 Å². The Morgan fingerprint density at radius 2 is 2.05 bits per heavy atom. The van der Waals surface area contributed by atoms with Crippen molar-refractivity contribution in [1.82, 2.24) is 15.0 Å². The first kappa shape index (κ1) is 14.5. The first-order chi connectivity index (χ1) is 10.7. The molecule has 0 unspecified atom stereocenters. The molecule has 0 aliphatic carbocycles. The molecule has 0 fully saturated rings. The average Bonchev–Trinajstić information content (AvgIpc) is 2.92. The molecule has 114 valence electrons. The van der Waals surface area contributed by atoms with Crippen molar-refractivity contribution >= 4 is 44.0 Å². The van der Waals surface area contributed by atoms with Gasteiger partial charge in [0.15, 0.2) is 16.8 Å². The van der Waals surface area contributed by atoms with Gasteiger partial charge >= 0.3 is 0 Å². The number of anilines is 4. The Balaban J connectivity index is 1.90. The summed E-state index contributed by atoms with van der Waals surface area (Å²) in [6.45, 7) is 4.96. The van der Waals surface area contributed by atoms with Crippen molar-refractivity contribution in [2.24, 2.45) is 0 Å². The van der Waals surface area contributed by atoms with E-state index in [1.807, 2.05) is 6.07 Å². The highest BCUT2D eigenvalue weighted by Gasteiger charge is 2.11. The van der Waals surface area contributed by atoms with Crippen LogP contribution in [0.3, 0.4) is 0 Å². The van der Waals surface area contributed by atoms with E-state index in [0.717, 1.165) is 33.9 Å². The summed E-state index contributed by atoms with van der Waals surface area (Å²) in [6, 6.07) is 6.14. The number of thiazole rings is 1. The SMILES string of the molecule is CCCNc1ncnc(Nc2nc3c(C)cccc3s2)c1N. The fourth-order valence-corrected chi connectivity index (χ4v) is 3.06. The van der Waals surface area contributed by atoms with Crippen LogP contribution in [-0.4, -0.2) is 21.5 Å². The topological polar surface area (TPSA) is 88.8 Å².